The summed E-state index contributed by atoms with van der Waals surface area (Å²) in [6.07, 6.45) is 11.6. The molecule has 0 aliphatic carbocycles. The van der Waals surface area contributed by atoms with Gasteiger partial charge >= 0.3 is 5.97 Å². The monoisotopic (exact) mass is 569 g/mol. The number of alkyl halides is 1. The molecule has 2 aromatic carbocycles. The average molecular weight is 570 g/mol. The van der Waals surface area contributed by atoms with Crippen LogP contribution in [0.2, 0.25) is 0 Å². The number of nitrogens with zero attached hydrogens (tertiary/aromatic N) is 1. The van der Waals surface area contributed by atoms with Crippen molar-refractivity contribution in [2.75, 3.05) is 6.61 Å². The van der Waals surface area contributed by atoms with Crippen LogP contribution in [0.15, 0.2) is 54.7 Å². The lowest BCUT2D eigenvalue weighted by molar-refractivity contribution is -0.147. The number of esters is 1. The number of ether oxygens (including phenoxy) is 2. The zero-order valence-corrected chi connectivity index (χ0v) is 24.5. The van der Waals surface area contributed by atoms with Gasteiger partial charge in [-0.1, -0.05) is 83.4 Å². The van der Waals surface area contributed by atoms with Gasteiger partial charge in [0, 0.05) is 17.3 Å². The van der Waals surface area contributed by atoms with Gasteiger partial charge in [-0.25, -0.2) is 18.0 Å². The topological polar surface area (TPSA) is 48.4 Å². The van der Waals surface area contributed by atoms with Gasteiger partial charge in [0.1, 0.15) is 5.75 Å². The minimum atomic E-state index is -2.04. The van der Waals surface area contributed by atoms with Crippen LogP contribution in [0.5, 0.6) is 11.5 Å². The van der Waals surface area contributed by atoms with Crippen LogP contribution in [0.3, 0.4) is 0 Å². The van der Waals surface area contributed by atoms with Crippen molar-refractivity contribution in [1.82, 2.24) is 4.98 Å². The van der Waals surface area contributed by atoms with E-state index in [1.165, 1.54) is 25.5 Å². The van der Waals surface area contributed by atoms with Gasteiger partial charge in [-0.3, -0.25) is 4.98 Å². The molecule has 3 rings (SSSR count). The van der Waals surface area contributed by atoms with E-state index in [2.05, 4.69) is 18.8 Å². The molecular formula is C34H42F3NO3. The highest BCUT2D eigenvalue weighted by atomic mass is 19.1. The molecule has 0 aliphatic rings. The number of hydrogen-bond donors (Lipinski definition) is 0. The molecule has 3 aromatic rings. The molecule has 0 saturated heterocycles. The predicted octanol–water partition coefficient (Wildman–Crippen LogP) is 10.0. The standard InChI is InChI=1S/C34H42F3NO3/c1-4-6-8-10-11-12-20-34(3,37)33(39)41-28-17-14-25(15-18-28)26-16-19-31(38-24-26)27-22-29(35)32(30(36)23-27)40-21-13-9-7-5-2/h14-19,22-24H,4-13,20-21H2,1-3H3/t34-/m0/s1. The Morgan fingerprint density at radius 2 is 1.37 bits per heavy atom. The maximum atomic E-state index is 14.9. The van der Waals surface area contributed by atoms with Crippen LogP contribution in [0.4, 0.5) is 13.2 Å². The Kier molecular flexibility index (Phi) is 12.7. The van der Waals surface area contributed by atoms with Gasteiger partial charge in [-0.2, -0.15) is 0 Å². The van der Waals surface area contributed by atoms with Gasteiger partial charge in [-0.15, -0.1) is 0 Å². The second kappa shape index (κ2) is 16.2. The summed E-state index contributed by atoms with van der Waals surface area (Å²) < 4.78 is 54.7. The normalized spacial score (nSPS) is 12.6. The molecule has 1 atom stereocenters. The van der Waals surface area contributed by atoms with Crippen molar-refractivity contribution in [2.24, 2.45) is 0 Å². The summed E-state index contributed by atoms with van der Waals surface area (Å²) in [4.78, 5) is 16.8. The Balaban J connectivity index is 1.57. The molecular weight excluding hydrogens is 527 g/mol. The molecule has 4 nitrogen and oxygen atoms in total. The summed E-state index contributed by atoms with van der Waals surface area (Å²) in [6, 6.07) is 12.6. The first-order valence-corrected chi connectivity index (χ1v) is 14.8. The summed E-state index contributed by atoms with van der Waals surface area (Å²) in [5.41, 5.74) is 0.240. The predicted molar refractivity (Wildman–Crippen MR) is 158 cm³/mol. The Bertz CT molecular complexity index is 1200. The molecule has 0 spiro atoms. The molecule has 1 aromatic heterocycles. The third-order valence-corrected chi connectivity index (χ3v) is 7.13. The van der Waals surface area contributed by atoms with Crippen LogP contribution in [0.25, 0.3) is 22.4 Å². The van der Waals surface area contributed by atoms with Crippen molar-refractivity contribution in [2.45, 2.75) is 97.1 Å². The fourth-order valence-electron chi connectivity index (χ4n) is 4.55. The lowest BCUT2D eigenvalue weighted by atomic mass is 9.99. The number of carbonyl (C=O) groups is 1. The van der Waals surface area contributed by atoms with E-state index in [1.807, 2.05) is 0 Å². The van der Waals surface area contributed by atoms with Gasteiger partial charge in [0.2, 0.25) is 5.67 Å². The number of unbranched alkanes of at least 4 members (excludes halogenated alkanes) is 8. The molecule has 0 N–H and O–H groups in total. The number of carbonyl (C=O) groups excluding carboxylic acids is 1. The van der Waals surface area contributed by atoms with Crippen molar-refractivity contribution >= 4 is 5.97 Å². The minimum absolute atomic E-state index is 0.136. The first kappa shape index (κ1) is 32.2. The Morgan fingerprint density at radius 1 is 0.780 bits per heavy atom. The zero-order chi connectivity index (χ0) is 29.7. The molecule has 0 bridgehead atoms. The van der Waals surface area contributed by atoms with E-state index in [1.54, 1.807) is 42.6 Å². The van der Waals surface area contributed by atoms with E-state index in [4.69, 9.17) is 9.47 Å². The van der Waals surface area contributed by atoms with Crippen molar-refractivity contribution in [1.29, 1.82) is 0 Å². The summed E-state index contributed by atoms with van der Waals surface area (Å²) in [5.74, 6) is -2.52. The van der Waals surface area contributed by atoms with Crippen LogP contribution in [-0.2, 0) is 4.79 Å². The SMILES string of the molecule is CCCCCCCC[C@](C)(F)C(=O)Oc1ccc(-c2ccc(-c3cc(F)c(OCCCCCC)c(F)c3)nc2)cc1. The van der Waals surface area contributed by atoms with Crippen LogP contribution in [0, 0.1) is 11.6 Å². The molecule has 222 valence electrons. The number of benzene rings is 2. The van der Waals surface area contributed by atoms with E-state index in [0.29, 0.717) is 17.7 Å². The van der Waals surface area contributed by atoms with Gasteiger partial charge in [0.25, 0.3) is 0 Å². The first-order valence-electron chi connectivity index (χ1n) is 14.8. The van der Waals surface area contributed by atoms with Crippen LogP contribution in [0.1, 0.15) is 91.4 Å². The van der Waals surface area contributed by atoms with Crippen molar-refractivity contribution in [3.63, 3.8) is 0 Å². The second-order valence-electron chi connectivity index (χ2n) is 10.7. The summed E-state index contributed by atoms with van der Waals surface area (Å²) >= 11 is 0. The van der Waals surface area contributed by atoms with E-state index in [0.717, 1.165) is 62.5 Å². The quantitative estimate of drug-likeness (QED) is 0.0922. The van der Waals surface area contributed by atoms with Crippen molar-refractivity contribution in [3.8, 4) is 33.9 Å². The highest BCUT2D eigenvalue weighted by Gasteiger charge is 2.34. The smallest absolute Gasteiger partial charge is 0.348 e. The number of hydrogen-bond acceptors (Lipinski definition) is 4. The Morgan fingerprint density at radius 3 is 1.98 bits per heavy atom. The van der Waals surface area contributed by atoms with Gasteiger partial charge < -0.3 is 9.47 Å². The molecule has 0 fully saturated rings. The third-order valence-electron chi connectivity index (χ3n) is 7.13. The Hall–Kier alpha value is -3.35. The zero-order valence-electron chi connectivity index (χ0n) is 24.5. The van der Waals surface area contributed by atoms with Gasteiger partial charge in [-0.05, 0) is 62.1 Å². The van der Waals surface area contributed by atoms with Crippen molar-refractivity contribution in [3.05, 3.63) is 66.4 Å². The fourth-order valence-corrected chi connectivity index (χ4v) is 4.55. The highest BCUT2D eigenvalue weighted by Crippen LogP contribution is 2.30. The lowest BCUT2D eigenvalue weighted by Crippen LogP contribution is -2.34. The molecule has 0 amide bonds. The van der Waals surface area contributed by atoms with Crippen LogP contribution >= 0.6 is 0 Å². The largest absolute Gasteiger partial charge is 0.488 e. The third kappa shape index (κ3) is 9.91. The first-order chi connectivity index (χ1) is 19.7. The minimum Gasteiger partial charge on any atom is -0.488 e. The number of aromatic nitrogens is 1. The van der Waals surface area contributed by atoms with E-state index in [-0.39, 0.29) is 24.5 Å². The maximum Gasteiger partial charge on any atom is 0.348 e. The fraction of sp³-hybridized carbons (Fsp3) is 0.471. The molecule has 1 heterocycles. The highest BCUT2D eigenvalue weighted by molar-refractivity contribution is 5.81. The summed E-state index contributed by atoms with van der Waals surface area (Å²) in [6.45, 7) is 5.78. The van der Waals surface area contributed by atoms with Gasteiger partial charge in [0.05, 0.1) is 12.3 Å². The van der Waals surface area contributed by atoms with Crippen LogP contribution < -0.4 is 9.47 Å². The van der Waals surface area contributed by atoms with E-state index in [9.17, 15) is 18.0 Å². The lowest BCUT2D eigenvalue weighted by Gasteiger charge is -2.18. The maximum absolute atomic E-state index is 14.9. The van der Waals surface area contributed by atoms with Crippen molar-refractivity contribution < 1.29 is 27.4 Å². The second-order valence-corrected chi connectivity index (χ2v) is 10.7. The number of rotatable bonds is 17. The Labute approximate surface area is 242 Å². The molecule has 0 radical (unpaired) electrons. The average Bonchev–Trinajstić information content (AvgIpc) is 2.96. The van der Waals surface area contributed by atoms with E-state index >= 15 is 0 Å². The molecule has 0 aliphatic heterocycles. The molecule has 41 heavy (non-hydrogen) atoms. The van der Waals surface area contributed by atoms with Gasteiger partial charge in [0.15, 0.2) is 17.4 Å². The molecule has 0 unspecified atom stereocenters. The molecule has 0 saturated carbocycles. The number of pyridine rings is 1. The summed E-state index contributed by atoms with van der Waals surface area (Å²) in [7, 11) is 0. The number of halogens is 3. The van der Waals surface area contributed by atoms with E-state index < -0.39 is 23.3 Å². The van der Waals surface area contributed by atoms with Crippen LogP contribution in [-0.4, -0.2) is 23.2 Å². The summed E-state index contributed by atoms with van der Waals surface area (Å²) in [5, 5.41) is 0. The molecule has 7 heteroatoms.